The highest BCUT2D eigenvalue weighted by Crippen LogP contribution is 2.38. The van der Waals surface area contributed by atoms with Gasteiger partial charge in [0, 0.05) is 9.79 Å². The van der Waals surface area contributed by atoms with Crippen LogP contribution in [0.3, 0.4) is 0 Å². The van der Waals surface area contributed by atoms with E-state index in [2.05, 4.69) is 0 Å². The molecule has 0 aliphatic carbocycles. The quantitative estimate of drug-likeness (QED) is 0.608. The molecular formula is C12H14N4S. The Balaban J connectivity index is 2.38. The van der Waals surface area contributed by atoms with Crippen LogP contribution >= 0.6 is 11.8 Å². The SMILES string of the molecule is Nc1cccc(Sc2cccc(N)c2N)c1N. The highest BCUT2D eigenvalue weighted by molar-refractivity contribution is 7.99. The predicted molar refractivity (Wildman–Crippen MR) is 74.7 cm³/mol. The lowest BCUT2D eigenvalue weighted by molar-refractivity contribution is 1.41. The molecule has 0 bridgehead atoms. The molecule has 0 spiro atoms. The van der Waals surface area contributed by atoms with Crippen molar-refractivity contribution in [3.8, 4) is 0 Å². The molecule has 5 heteroatoms. The Bertz CT molecular complexity index is 505. The van der Waals surface area contributed by atoms with Gasteiger partial charge in [-0.3, -0.25) is 0 Å². The number of hydrogen-bond acceptors (Lipinski definition) is 5. The first-order valence-corrected chi connectivity index (χ1v) is 5.87. The summed E-state index contributed by atoms with van der Waals surface area (Å²) in [5.74, 6) is 0. The number of benzene rings is 2. The van der Waals surface area contributed by atoms with Crippen molar-refractivity contribution in [3.05, 3.63) is 36.4 Å². The van der Waals surface area contributed by atoms with Gasteiger partial charge in [-0.05, 0) is 24.3 Å². The maximum absolute atomic E-state index is 5.90. The van der Waals surface area contributed by atoms with E-state index in [1.165, 1.54) is 11.8 Å². The van der Waals surface area contributed by atoms with E-state index in [0.29, 0.717) is 22.7 Å². The number of nitrogens with two attached hydrogens (primary N) is 4. The molecule has 0 saturated carbocycles. The van der Waals surface area contributed by atoms with E-state index in [4.69, 9.17) is 22.9 Å². The number of rotatable bonds is 2. The van der Waals surface area contributed by atoms with Crippen molar-refractivity contribution in [2.45, 2.75) is 9.79 Å². The molecule has 0 heterocycles. The number of para-hydroxylation sites is 2. The molecule has 0 aliphatic heterocycles. The van der Waals surface area contributed by atoms with Crippen LogP contribution in [0.1, 0.15) is 0 Å². The molecule has 0 radical (unpaired) electrons. The van der Waals surface area contributed by atoms with Crippen molar-refractivity contribution in [2.24, 2.45) is 0 Å². The fraction of sp³-hybridized carbons (Fsp3) is 0. The fourth-order valence-electron chi connectivity index (χ4n) is 1.42. The third-order valence-corrected chi connectivity index (χ3v) is 3.57. The van der Waals surface area contributed by atoms with Crippen molar-refractivity contribution in [3.63, 3.8) is 0 Å². The molecule has 0 atom stereocenters. The molecule has 2 aromatic rings. The standard InChI is InChI=1S/C12H14N4S/c13-7-3-1-5-9(11(7)15)17-10-6-2-4-8(14)12(10)16/h1-6H,13-16H2. The van der Waals surface area contributed by atoms with E-state index in [1.54, 1.807) is 12.1 Å². The summed E-state index contributed by atoms with van der Waals surface area (Å²) in [4.78, 5) is 1.75. The topological polar surface area (TPSA) is 104 Å². The summed E-state index contributed by atoms with van der Waals surface area (Å²) in [5.41, 5.74) is 25.6. The van der Waals surface area contributed by atoms with Crippen LogP contribution in [0, 0.1) is 0 Å². The summed E-state index contributed by atoms with van der Waals surface area (Å²) in [6.07, 6.45) is 0. The van der Waals surface area contributed by atoms with Crippen molar-refractivity contribution in [1.29, 1.82) is 0 Å². The van der Waals surface area contributed by atoms with Crippen LogP contribution in [-0.4, -0.2) is 0 Å². The van der Waals surface area contributed by atoms with Crippen LogP contribution in [0.2, 0.25) is 0 Å². The third kappa shape index (κ3) is 2.24. The fourth-order valence-corrected chi connectivity index (χ4v) is 2.40. The lowest BCUT2D eigenvalue weighted by atomic mass is 10.3. The second-order valence-corrected chi connectivity index (χ2v) is 4.70. The molecule has 8 N–H and O–H groups in total. The van der Waals surface area contributed by atoms with Gasteiger partial charge < -0.3 is 22.9 Å². The van der Waals surface area contributed by atoms with E-state index in [-0.39, 0.29) is 0 Å². The van der Waals surface area contributed by atoms with E-state index in [9.17, 15) is 0 Å². The molecule has 0 amide bonds. The smallest absolute Gasteiger partial charge is 0.0689 e. The summed E-state index contributed by atoms with van der Waals surface area (Å²) in [7, 11) is 0. The lowest BCUT2D eigenvalue weighted by Gasteiger charge is -2.10. The van der Waals surface area contributed by atoms with Crippen molar-refractivity contribution < 1.29 is 0 Å². The van der Waals surface area contributed by atoms with Crippen molar-refractivity contribution in [1.82, 2.24) is 0 Å². The lowest BCUT2D eigenvalue weighted by Crippen LogP contribution is -1.98. The van der Waals surface area contributed by atoms with Gasteiger partial charge in [0.25, 0.3) is 0 Å². The molecule has 0 saturated heterocycles. The van der Waals surface area contributed by atoms with Gasteiger partial charge in [-0.15, -0.1) is 0 Å². The van der Waals surface area contributed by atoms with E-state index < -0.39 is 0 Å². The van der Waals surface area contributed by atoms with Crippen LogP contribution < -0.4 is 22.9 Å². The predicted octanol–water partition coefficient (Wildman–Crippen LogP) is 2.17. The van der Waals surface area contributed by atoms with E-state index in [0.717, 1.165) is 9.79 Å². The highest BCUT2D eigenvalue weighted by Gasteiger charge is 2.08. The van der Waals surface area contributed by atoms with Crippen LogP contribution in [0.25, 0.3) is 0 Å². The Morgan fingerprint density at radius 3 is 1.47 bits per heavy atom. The zero-order valence-corrected chi connectivity index (χ0v) is 10.00. The summed E-state index contributed by atoms with van der Waals surface area (Å²) in [5, 5.41) is 0. The Labute approximate surface area is 104 Å². The monoisotopic (exact) mass is 246 g/mol. The van der Waals surface area contributed by atoms with Crippen molar-refractivity contribution >= 4 is 34.5 Å². The molecule has 0 aromatic heterocycles. The zero-order chi connectivity index (χ0) is 12.4. The van der Waals surface area contributed by atoms with E-state index >= 15 is 0 Å². The minimum atomic E-state index is 0.567. The van der Waals surface area contributed by atoms with Gasteiger partial charge in [0.2, 0.25) is 0 Å². The highest BCUT2D eigenvalue weighted by atomic mass is 32.2. The molecule has 0 aliphatic rings. The van der Waals surface area contributed by atoms with Crippen LogP contribution in [0.5, 0.6) is 0 Å². The summed E-state index contributed by atoms with van der Waals surface area (Å²) in [6, 6.07) is 11.1. The Morgan fingerprint density at radius 1 is 0.647 bits per heavy atom. The average molecular weight is 246 g/mol. The largest absolute Gasteiger partial charge is 0.397 e. The van der Waals surface area contributed by atoms with Gasteiger partial charge in [0.15, 0.2) is 0 Å². The maximum atomic E-state index is 5.90. The average Bonchev–Trinajstić information content (AvgIpc) is 2.31. The van der Waals surface area contributed by atoms with Gasteiger partial charge >= 0.3 is 0 Å². The minimum Gasteiger partial charge on any atom is -0.397 e. The summed E-state index contributed by atoms with van der Waals surface area (Å²) >= 11 is 1.46. The van der Waals surface area contributed by atoms with E-state index in [1.807, 2.05) is 24.3 Å². The van der Waals surface area contributed by atoms with Crippen LogP contribution in [0.4, 0.5) is 22.7 Å². The van der Waals surface area contributed by atoms with Crippen LogP contribution in [0.15, 0.2) is 46.2 Å². The third-order valence-electron chi connectivity index (χ3n) is 2.42. The first-order valence-electron chi connectivity index (χ1n) is 5.05. The minimum absolute atomic E-state index is 0.567. The van der Waals surface area contributed by atoms with Gasteiger partial charge in [0.1, 0.15) is 0 Å². The molecule has 0 fully saturated rings. The van der Waals surface area contributed by atoms with Gasteiger partial charge in [0.05, 0.1) is 22.7 Å². The molecular weight excluding hydrogens is 232 g/mol. The van der Waals surface area contributed by atoms with Crippen molar-refractivity contribution in [2.75, 3.05) is 22.9 Å². The number of hydrogen-bond donors (Lipinski definition) is 4. The number of anilines is 4. The maximum Gasteiger partial charge on any atom is 0.0689 e. The zero-order valence-electron chi connectivity index (χ0n) is 9.18. The Hall–Kier alpha value is -2.01. The molecule has 88 valence electrons. The Morgan fingerprint density at radius 2 is 1.06 bits per heavy atom. The molecule has 4 nitrogen and oxygen atoms in total. The Kier molecular flexibility index (Phi) is 3.01. The molecule has 2 rings (SSSR count). The van der Waals surface area contributed by atoms with Gasteiger partial charge in [-0.25, -0.2) is 0 Å². The summed E-state index contributed by atoms with van der Waals surface area (Å²) in [6.45, 7) is 0. The first kappa shape index (κ1) is 11.5. The first-order chi connectivity index (χ1) is 8.09. The second kappa shape index (κ2) is 4.47. The van der Waals surface area contributed by atoms with Gasteiger partial charge in [-0.1, -0.05) is 23.9 Å². The number of nitrogen functional groups attached to an aromatic ring is 4. The summed E-state index contributed by atoms with van der Waals surface area (Å²) < 4.78 is 0. The molecule has 0 unspecified atom stereocenters. The molecule has 17 heavy (non-hydrogen) atoms. The molecule has 2 aromatic carbocycles. The van der Waals surface area contributed by atoms with Crippen LogP contribution in [-0.2, 0) is 0 Å². The van der Waals surface area contributed by atoms with Gasteiger partial charge in [-0.2, -0.15) is 0 Å². The second-order valence-electron chi connectivity index (χ2n) is 3.62. The normalized spacial score (nSPS) is 10.4.